The molecule has 0 aromatic carbocycles. The van der Waals surface area contributed by atoms with Crippen molar-refractivity contribution in [3.05, 3.63) is 0 Å². The van der Waals surface area contributed by atoms with Gasteiger partial charge in [-0.1, -0.05) is 6.92 Å². The van der Waals surface area contributed by atoms with Crippen molar-refractivity contribution in [1.82, 2.24) is 5.32 Å². The van der Waals surface area contributed by atoms with Crippen molar-refractivity contribution in [2.75, 3.05) is 26.8 Å². The molecule has 18 heavy (non-hydrogen) atoms. The molecule has 0 radical (unpaired) electrons. The molecule has 0 aliphatic heterocycles. The molecule has 0 aromatic heterocycles. The summed E-state index contributed by atoms with van der Waals surface area (Å²) in [6, 6.07) is 0. The number of aliphatic hydroxyl groups excluding tert-OH is 1. The standard InChI is InChI=1S/C13H25NO4/c1-10-3-5-12(6-4-10)18-9-11(15)7-14-8-13(16)17-2/h10-12,14-15H,3-9H2,1-2H3. The molecule has 0 aromatic rings. The van der Waals surface area contributed by atoms with Gasteiger partial charge in [-0.05, 0) is 31.6 Å². The highest BCUT2D eigenvalue weighted by molar-refractivity contribution is 5.71. The number of hydrogen-bond acceptors (Lipinski definition) is 5. The van der Waals surface area contributed by atoms with Crippen LogP contribution in [0.25, 0.3) is 0 Å². The van der Waals surface area contributed by atoms with Gasteiger partial charge in [-0.25, -0.2) is 0 Å². The minimum absolute atomic E-state index is 0.120. The third kappa shape index (κ3) is 6.33. The molecule has 0 spiro atoms. The Morgan fingerprint density at radius 1 is 1.39 bits per heavy atom. The first kappa shape index (κ1) is 15.4. The molecule has 0 amide bonds. The Hall–Kier alpha value is -0.650. The van der Waals surface area contributed by atoms with Gasteiger partial charge in [0.25, 0.3) is 0 Å². The number of nitrogens with one attached hydrogen (secondary N) is 1. The van der Waals surface area contributed by atoms with Crippen LogP contribution < -0.4 is 5.32 Å². The van der Waals surface area contributed by atoms with Gasteiger partial charge < -0.3 is 19.9 Å². The number of esters is 1. The third-order valence-electron chi connectivity index (χ3n) is 3.36. The number of aliphatic hydroxyl groups is 1. The largest absolute Gasteiger partial charge is 0.468 e. The molecule has 1 aliphatic carbocycles. The van der Waals surface area contributed by atoms with Crippen LogP contribution in [0.4, 0.5) is 0 Å². The first-order valence-electron chi connectivity index (χ1n) is 6.69. The SMILES string of the molecule is COC(=O)CNCC(O)COC1CCC(C)CC1. The van der Waals surface area contributed by atoms with Gasteiger partial charge in [-0.2, -0.15) is 0 Å². The molecule has 1 saturated carbocycles. The predicted molar refractivity (Wildman–Crippen MR) is 68.3 cm³/mol. The van der Waals surface area contributed by atoms with Crippen LogP contribution in [0, 0.1) is 5.92 Å². The van der Waals surface area contributed by atoms with Crippen LogP contribution in [0.1, 0.15) is 32.6 Å². The fraction of sp³-hybridized carbons (Fsp3) is 0.923. The van der Waals surface area contributed by atoms with Gasteiger partial charge in [0.15, 0.2) is 0 Å². The number of rotatable bonds is 7. The summed E-state index contributed by atoms with van der Waals surface area (Å²) in [5.74, 6) is 0.473. The Morgan fingerprint density at radius 2 is 2.06 bits per heavy atom. The first-order valence-corrected chi connectivity index (χ1v) is 6.69. The molecule has 1 unspecified atom stereocenters. The molecule has 1 atom stereocenters. The van der Waals surface area contributed by atoms with Gasteiger partial charge in [0.05, 0.1) is 32.5 Å². The molecule has 2 N–H and O–H groups in total. The highest BCUT2D eigenvalue weighted by Gasteiger charge is 2.19. The summed E-state index contributed by atoms with van der Waals surface area (Å²) in [5, 5.41) is 12.5. The van der Waals surface area contributed by atoms with E-state index in [1.54, 1.807) is 0 Å². The lowest BCUT2D eigenvalue weighted by atomic mass is 9.89. The second-order valence-corrected chi connectivity index (χ2v) is 5.08. The summed E-state index contributed by atoms with van der Waals surface area (Å²) >= 11 is 0. The van der Waals surface area contributed by atoms with Crippen molar-refractivity contribution in [1.29, 1.82) is 0 Å². The minimum Gasteiger partial charge on any atom is -0.468 e. The quantitative estimate of drug-likeness (QED) is 0.659. The summed E-state index contributed by atoms with van der Waals surface area (Å²) in [7, 11) is 1.34. The summed E-state index contributed by atoms with van der Waals surface area (Å²) in [4.78, 5) is 10.8. The second kappa shape index (κ2) is 8.45. The van der Waals surface area contributed by atoms with Crippen LogP contribution in [0.3, 0.4) is 0 Å². The maximum Gasteiger partial charge on any atom is 0.319 e. The number of carbonyl (C=O) groups excluding carboxylic acids is 1. The maximum absolute atomic E-state index is 10.8. The van der Waals surface area contributed by atoms with Crippen LogP contribution in [-0.4, -0.2) is 50.1 Å². The lowest BCUT2D eigenvalue weighted by molar-refractivity contribution is -0.139. The topological polar surface area (TPSA) is 67.8 Å². The molecular weight excluding hydrogens is 234 g/mol. The van der Waals surface area contributed by atoms with E-state index in [1.165, 1.54) is 20.0 Å². The highest BCUT2D eigenvalue weighted by Crippen LogP contribution is 2.25. The van der Waals surface area contributed by atoms with E-state index in [9.17, 15) is 9.90 Å². The third-order valence-corrected chi connectivity index (χ3v) is 3.36. The molecule has 106 valence electrons. The van der Waals surface area contributed by atoms with Gasteiger partial charge in [-0.3, -0.25) is 4.79 Å². The Balaban J connectivity index is 2.02. The molecular formula is C13H25NO4. The molecule has 1 fully saturated rings. The average molecular weight is 259 g/mol. The lowest BCUT2D eigenvalue weighted by Gasteiger charge is -2.27. The molecule has 5 nitrogen and oxygen atoms in total. The Morgan fingerprint density at radius 3 is 2.67 bits per heavy atom. The minimum atomic E-state index is -0.575. The Labute approximate surface area is 109 Å². The zero-order valence-electron chi connectivity index (χ0n) is 11.4. The molecule has 0 bridgehead atoms. The Bertz CT molecular complexity index is 239. The molecule has 0 heterocycles. The maximum atomic E-state index is 10.8. The van der Waals surface area contributed by atoms with Crippen molar-refractivity contribution in [3.63, 3.8) is 0 Å². The lowest BCUT2D eigenvalue weighted by Crippen LogP contribution is -2.35. The zero-order valence-corrected chi connectivity index (χ0v) is 11.4. The number of hydrogen-bond donors (Lipinski definition) is 2. The van der Waals surface area contributed by atoms with E-state index in [0.717, 1.165) is 18.8 Å². The zero-order chi connectivity index (χ0) is 13.4. The van der Waals surface area contributed by atoms with E-state index in [0.29, 0.717) is 13.2 Å². The summed E-state index contributed by atoms with van der Waals surface area (Å²) in [5.41, 5.74) is 0. The molecule has 1 rings (SSSR count). The van der Waals surface area contributed by atoms with Gasteiger partial charge in [0, 0.05) is 6.54 Å². The predicted octanol–water partition coefficient (Wildman–Crippen LogP) is 0.705. The summed E-state index contributed by atoms with van der Waals surface area (Å²) in [6.07, 6.45) is 4.31. The van der Waals surface area contributed by atoms with E-state index >= 15 is 0 Å². The van der Waals surface area contributed by atoms with Crippen molar-refractivity contribution < 1.29 is 19.4 Å². The molecule has 1 aliphatic rings. The van der Waals surface area contributed by atoms with Crippen molar-refractivity contribution in [2.24, 2.45) is 5.92 Å². The Kier molecular flexibility index (Phi) is 7.23. The highest BCUT2D eigenvalue weighted by atomic mass is 16.5. The molecule has 5 heteroatoms. The van der Waals surface area contributed by atoms with Crippen LogP contribution in [0.15, 0.2) is 0 Å². The fourth-order valence-corrected chi connectivity index (χ4v) is 2.12. The monoisotopic (exact) mass is 259 g/mol. The van der Waals surface area contributed by atoms with Gasteiger partial charge in [0.1, 0.15) is 0 Å². The number of ether oxygens (including phenoxy) is 2. The fourth-order valence-electron chi connectivity index (χ4n) is 2.12. The summed E-state index contributed by atoms with van der Waals surface area (Å²) in [6.45, 7) is 3.06. The van der Waals surface area contributed by atoms with E-state index in [1.807, 2.05) is 0 Å². The van der Waals surface area contributed by atoms with Crippen molar-refractivity contribution in [2.45, 2.75) is 44.8 Å². The first-order chi connectivity index (χ1) is 8.61. The average Bonchev–Trinajstić information content (AvgIpc) is 2.38. The van der Waals surface area contributed by atoms with Crippen molar-refractivity contribution >= 4 is 5.97 Å². The van der Waals surface area contributed by atoms with E-state index < -0.39 is 6.10 Å². The van der Waals surface area contributed by atoms with Gasteiger partial charge in [0.2, 0.25) is 0 Å². The number of methoxy groups -OCH3 is 1. The molecule has 0 saturated heterocycles. The summed E-state index contributed by atoms with van der Waals surface area (Å²) < 4.78 is 10.2. The van der Waals surface area contributed by atoms with Crippen molar-refractivity contribution in [3.8, 4) is 0 Å². The van der Waals surface area contributed by atoms with Crippen LogP contribution in [0.5, 0.6) is 0 Å². The van der Waals surface area contributed by atoms with Crippen LogP contribution in [-0.2, 0) is 14.3 Å². The van der Waals surface area contributed by atoms with Gasteiger partial charge in [-0.15, -0.1) is 0 Å². The van der Waals surface area contributed by atoms with E-state index in [2.05, 4.69) is 17.0 Å². The normalized spacial score (nSPS) is 25.7. The van der Waals surface area contributed by atoms with Gasteiger partial charge >= 0.3 is 5.97 Å². The van der Waals surface area contributed by atoms with Crippen LogP contribution >= 0.6 is 0 Å². The smallest absolute Gasteiger partial charge is 0.319 e. The van der Waals surface area contributed by atoms with E-state index in [4.69, 9.17) is 4.74 Å². The van der Waals surface area contributed by atoms with E-state index in [-0.39, 0.29) is 18.6 Å². The van der Waals surface area contributed by atoms with Crippen LogP contribution in [0.2, 0.25) is 0 Å². The second-order valence-electron chi connectivity index (χ2n) is 5.08. The number of carbonyl (C=O) groups is 1.